The molecule has 0 bridgehead atoms. The summed E-state index contributed by atoms with van der Waals surface area (Å²) in [6.45, 7) is 4.86. The van der Waals surface area contributed by atoms with E-state index in [1.54, 1.807) is 0 Å². The van der Waals surface area contributed by atoms with Crippen molar-refractivity contribution in [3.05, 3.63) is 53.4 Å². The van der Waals surface area contributed by atoms with E-state index in [1.807, 2.05) is 43.8 Å². The second-order valence-electron chi connectivity index (χ2n) is 8.14. The largest absolute Gasteiger partial charge is 0.357 e. The van der Waals surface area contributed by atoms with Crippen LogP contribution in [0, 0.1) is 17.6 Å². The number of rotatable bonds is 7. The fourth-order valence-electron chi connectivity index (χ4n) is 4.04. The van der Waals surface area contributed by atoms with E-state index in [4.69, 9.17) is 4.99 Å². The highest BCUT2D eigenvalue weighted by Gasteiger charge is 2.27. The number of aliphatic imine (C=N–C) groups is 1. The van der Waals surface area contributed by atoms with Crippen molar-refractivity contribution in [2.24, 2.45) is 18.0 Å². The Hall–Kier alpha value is -2.48. The third-order valence-corrected chi connectivity index (χ3v) is 5.57. The van der Waals surface area contributed by atoms with Crippen LogP contribution in [0.15, 0.2) is 35.6 Å². The van der Waals surface area contributed by atoms with Crippen LogP contribution < -0.4 is 5.32 Å². The van der Waals surface area contributed by atoms with Crippen LogP contribution in [-0.4, -0.2) is 65.8 Å². The molecule has 0 aliphatic carbocycles. The zero-order chi connectivity index (χ0) is 21.7. The number of aryl methyl sites for hydroxylation is 1. The number of nitrogens with zero attached hydrogens (tertiary/aromatic N) is 5. The summed E-state index contributed by atoms with van der Waals surface area (Å²) in [6.07, 6.45) is 6.06. The van der Waals surface area contributed by atoms with Crippen LogP contribution in [-0.2, 0) is 13.5 Å². The van der Waals surface area contributed by atoms with Crippen LogP contribution in [0.3, 0.4) is 0 Å². The fraction of sp³-hybridized carbons (Fsp3) is 0.545. The summed E-state index contributed by atoms with van der Waals surface area (Å²) in [5.41, 5.74) is 1.31. The zero-order valence-corrected chi connectivity index (χ0v) is 18.3. The van der Waals surface area contributed by atoms with Gasteiger partial charge in [0.1, 0.15) is 11.6 Å². The number of halogens is 2. The van der Waals surface area contributed by atoms with E-state index in [2.05, 4.69) is 21.5 Å². The summed E-state index contributed by atoms with van der Waals surface area (Å²) in [4.78, 5) is 8.82. The average molecular weight is 419 g/mol. The lowest BCUT2D eigenvalue weighted by molar-refractivity contribution is 0.289. The molecule has 30 heavy (non-hydrogen) atoms. The van der Waals surface area contributed by atoms with Gasteiger partial charge in [-0.3, -0.25) is 9.67 Å². The highest BCUT2D eigenvalue weighted by molar-refractivity contribution is 5.80. The molecule has 0 amide bonds. The number of hydrogen-bond donors (Lipinski definition) is 1. The van der Waals surface area contributed by atoms with Gasteiger partial charge in [-0.2, -0.15) is 5.10 Å². The summed E-state index contributed by atoms with van der Waals surface area (Å²) < 4.78 is 30.5. The van der Waals surface area contributed by atoms with Crippen molar-refractivity contribution in [2.45, 2.75) is 25.8 Å². The van der Waals surface area contributed by atoms with Crippen LogP contribution in [0.25, 0.3) is 0 Å². The van der Waals surface area contributed by atoms with Gasteiger partial charge in [0.25, 0.3) is 0 Å². The van der Waals surface area contributed by atoms with Crippen molar-refractivity contribution >= 4 is 5.96 Å². The van der Waals surface area contributed by atoms with Gasteiger partial charge in [-0.1, -0.05) is 6.07 Å². The maximum absolute atomic E-state index is 14.3. The number of aromatic nitrogens is 2. The van der Waals surface area contributed by atoms with Gasteiger partial charge in [0.2, 0.25) is 0 Å². The van der Waals surface area contributed by atoms with Crippen LogP contribution in [0.2, 0.25) is 0 Å². The van der Waals surface area contributed by atoms with Gasteiger partial charge in [-0.05, 0) is 57.5 Å². The smallest absolute Gasteiger partial charge is 0.193 e. The van der Waals surface area contributed by atoms with Gasteiger partial charge in [-0.25, -0.2) is 8.78 Å². The summed E-state index contributed by atoms with van der Waals surface area (Å²) in [7, 11) is 5.57. The Bertz CT molecular complexity index is 843. The van der Waals surface area contributed by atoms with Crippen molar-refractivity contribution in [3.8, 4) is 0 Å². The molecule has 8 heteroatoms. The maximum atomic E-state index is 14.3. The van der Waals surface area contributed by atoms with Crippen molar-refractivity contribution in [3.63, 3.8) is 0 Å². The van der Waals surface area contributed by atoms with E-state index in [0.29, 0.717) is 5.92 Å². The normalized spacial score (nSPS) is 18.3. The number of benzene rings is 1. The molecule has 1 saturated heterocycles. The molecule has 2 aromatic rings. The number of nitrogens with one attached hydrogen (secondary N) is 1. The topological polar surface area (TPSA) is 48.7 Å². The van der Waals surface area contributed by atoms with E-state index in [-0.39, 0.29) is 12.1 Å². The summed E-state index contributed by atoms with van der Waals surface area (Å²) >= 11 is 0. The van der Waals surface area contributed by atoms with Gasteiger partial charge in [0, 0.05) is 38.4 Å². The van der Waals surface area contributed by atoms with Crippen LogP contribution >= 0.6 is 0 Å². The minimum absolute atomic E-state index is 0.0676. The molecule has 1 aliphatic heterocycles. The van der Waals surface area contributed by atoms with E-state index >= 15 is 0 Å². The lowest BCUT2D eigenvalue weighted by atomic mass is 10.0. The zero-order valence-electron chi connectivity index (χ0n) is 18.3. The van der Waals surface area contributed by atoms with Gasteiger partial charge < -0.3 is 15.1 Å². The predicted octanol–water partition coefficient (Wildman–Crippen LogP) is 2.83. The van der Waals surface area contributed by atoms with Crippen LogP contribution in [0.4, 0.5) is 8.78 Å². The summed E-state index contributed by atoms with van der Waals surface area (Å²) in [5.74, 6) is 0.264. The molecule has 2 heterocycles. The van der Waals surface area contributed by atoms with E-state index in [9.17, 15) is 8.78 Å². The number of likely N-dealkylation sites (N-methyl/N-ethyl adjacent to an activating group) is 1. The first-order chi connectivity index (χ1) is 14.4. The SMILES string of the molecule is CCNC(=NCC(c1c(F)cccc1F)N(C)C)N1CCC(Cc2cnn(C)c2)C1. The number of hydrogen-bond acceptors (Lipinski definition) is 3. The third-order valence-electron chi connectivity index (χ3n) is 5.57. The van der Waals surface area contributed by atoms with Crippen molar-refractivity contribution in [1.82, 2.24) is 24.9 Å². The van der Waals surface area contributed by atoms with E-state index in [0.717, 1.165) is 38.4 Å². The maximum Gasteiger partial charge on any atom is 0.193 e. The second kappa shape index (κ2) is 10.0. The molecular formula is C22H32F2N6. The van der Waals surface area contributed by atoms with Crippen molar-refractivity contribution in [2.75, 3.05) is 40.3 Å². The molecule has 1 aromatic carbocycles. The lowest BCUT2D eigenvalue weighted by Crippen LogP contribution is -2.41. The van der Waals surface area contributed by atoms with Gasteiger partial charge in [0.05, 0.1) is 18.8 Å². The van der Waals surface area contributed by atoms with Gasteiger partial charge in [-0.15, -0.1) is 0 Å². The molecular weight excluding hydrogens is 386 g/mol. The molecule has 1 N–H and O–H groups in total. The first-order valence-corrected chi connectivity index (χ1v) is 10.5. The summed E-state index contributed by atoms with van der Waals surface area (Å²) in [6, 6.07) is 3.51. The fourth-order valence-corrected chi connectivity index (χ4v) is 4.04. The average Bonchev–Trinajstić information content (AvgIpc) is 3.32. The highest BCUT2D eigenvalue weighted by atomic mass is 19.1. The predicted molar refractivity (Wildman–Crippen MR) is 115 cm³/mol. The molecule has 0 radical (unpaired) electrons. The molecule has 164 valence electrons. The second-order valence-corrected chi connectivity index (χ2v) is 8.14. The molecule has 0 spiro atoms. The first-order valence-electron chi connectivity index (χ1n) is 10.5. The van der Waals surface area contributed by atoms with Gasteiger partial charge >= 0.3 is 0 Å². The Morgan fingerprint density at radius 2 is 2.07 bits per heavy atom. The Kier molecular flexibility index (Phi) is 7.42. The molecule has 1 fully saturated rings. The molecule has 1 aromatic heterocycles. The van der Waals surface area contributed by atoms with Crippen LogP contribution in [0.1, 0.15) is 30.5 Å². The molecule has 0 saturated carbocycles. The Morgan fingerprint density at radius 3 is 2.67 bits per heavy atom. The van der Waals surface area contributed by atoms with Crippen molar-refractivity contribution in [1.29, 1.82) is 0 Å². The van der Waals surface area contributed by atoms with Crippen molar-refractivity contribution < 1.29 is 8.78 Å². The molecule has 6 nitrogen and oxygen atoms in total. The minimum atomic E-state index is -0.536. The Balaban J connectivity index is 1.71. The quantitative estimate of drug-likeness (QED) is 0.555. The Morgan fingerprint density at radius 1 is 1.33 bits per heavy atom. The van der Waals surface area contributed by atoms with Crippen LogP contribution in [0.5, 0.6) is 0 Å². The number of guanidine groups is 1. The Labute approximate surface area is 177 Å². The minimum Gasteiger partial charge on any atom is -0.357 e. The summed E-state index contributed by atoms with van der Waals surface area (Å²) in [5, 5.41) is 7.59. The third kappa shape index (κ3) is 5.36. The van der Waals surface area contributed by atoms with Gasteiger partial charge in [0.15, 0.2) is 5.96 Å². The molecule has 2 unspecified atom stereocenters. The highest BCUT2D eigenvalue weighted by Crippen LogP contribution is 2.25. The monoisotopic (exact) mass is 418 g/mol. The van der Waals surface area contributed by atoms with E-state index in [1.165, 1.54) is 23.8 Å². The van der Waals surface area contributed by atoms with E-state index < -0.39 is 17.7 Å². The molecule has 2 atom stereocenters. The standard InChI is InChI=1S/C22H32F2N6/c1-5-25-22(30-10-9-16(15-30)11-17-12-27-29(4)14-17)26-13-20(28(2)3)21-18(23)7-6-8-19(21)24/h6-8,12,14,16,20H,5,9-11,13,15H2,1-4H3,(H,25,26). The number of likely N-dealkylation sites (tertiary alicyclic amines) is 1. The molecule has 1 aliphatic rings. The molecule has 3 rings (SSSR count). The lowest BCUT2D eigenvalue weighted by Gasteiger charge is -2.26. The first kappa shape index (κ1) is 22.2.